The number of rotatable bonds is 7. The molecule has 1 amide bonds. The van der Waals surface area contributed by atoms with Crippen LogP contribution in [0.15, 0.2) is 109 Å². The monoisotopic (exact) mass is 646 g/mol. The van der Waals surface area contributed by atoms with Crippen LogP contribution < -0.4 is 14.8 Å². The van der Waals surface area contributed by atoms with E-state index in [0.29, 0.717) is 18.0 Å². The van der Waals surface area contributed by atoms with Crippen LogP contribution in [0.4, 0.5) is 13.2 Å². The average molecular weight is 647 g/mol. The van der Waals surface area contributed by atoms with Gasteiger partial charge in [-0.1, -0.05) is 75.4 Å². The number of hydrogen-bond acceptors (Lipinski definition) is 5. The maximum atomic E-state index is 12.6. The number of aromatic nitrogens is 1. The molecule has 0 aliphatic carbocycles. The normalized spacial score (nSPS) is 10.9. The number of ether oxygens (including phenoxy) is 2. The summed E-state index contributed by atoms with van der Waals surface area (Å²) in [4.78, 5) is 25.3. The largest absolute Gasteiger partial charge is 0.497 e. The molecule has 5 rings (SSSR count). The zero-order valence-electron chi connectivity index (χ0n) is 26.5. The van der Waals surface area contributed by atoms with Gasteiger partial charge in [0.15, 0.2) is 0 Å². The van der Waals surface area contributed by atoms with Crippen LogP contribution in [-0.2, 0) is 22.8 Å². The van der Waals surface area contributed by atoms with E-state index in [1.807, 2.05) is 54.6 Å². The van der Waals surface area contributed by atoms with Gasteiger partial charge in [0.25, 0.3) is 12.4 Å². The van der Waals surface area contributed by atoms with Gasteiger partial charge in [-0.3, -0.25) is 14.6 Å². The molecule has 0 aliphatic heterocycles. The van der Waals surface area contributed by atoms with E-state index in [9.17, 15) is 18.0 Å². The van der Waals surface area contributed by atoms with Crippen molar-refractivity contribution in [3.05, 3.63) is 132 Å². The number of carbonyl (C=O) groups is 2. The number of benzene rings is 4. The van der Waals surface area contributed by atoms with Crippen LogP contribution in [0.25, 0.3) is 10.8 Å². The standard InChI is InChI=1S/C29H30N2O3.C7H5F3.CH2O2/c1-29(2,3)23-8-13-25(14-9-23)34-26-12-7-21-19-31-27(18-22(21)17-26)28(32)30-16-15-20-5-10-24(33-4)11-6-20;8-7(9,10)6-4-2-1-3-5-6;2-1-3/h5-14,17-19H,15-16H2,1-4H3,(H,30,32);1-5H;1H,(H,2,3). The van der Waals surface area contributed by atoms with E-state index in [1.54, 1.807) is 25.4 Å². The number of nitrogens with zero attached hydrogens (tertiary/aromatic N) is 1. The molecule has 7 nitrogen and oxygen atoms in total. The molecule has 5 aromatic rings. The van der Waals surface area contributed by atoms with E-state index in [-0.39, 0.29) is 17.8 Å². The Morgan fingerprint density at radius 2 is 1.40 bits per heavy atom. The summed E-state index contributed by atoms with van der Waals surface area (Å²) in [6, 6.07) is 29.9. The number of fused-ring (bicyclic) bond motifs is 1. The Balaban J connectivity index is 0.000000387. The summed E-state index contributed by atoms with van der Waals surface area (Å²) in [5, 5.41) is 11.7. The van der Waals surface area contributed by atoms with Gasteiger partial charge in [0.2, 0.25) is 0 Å². The van der Waals surface area contributed by atoms with Crippen LogP contribution in [0.1, 0.15) is 48.0 Å². The molecule has 47 heavy (non-hydrogen) atoms. The SMILES string of the molecule is COc1ccc(CCNC(=O)c2cc3cc(Oc4ccc(C(C)(C)C)cc4)ccc3cn2)cc1.FC(F)(F)c1ccccc1.O=CO. The second kappa shape index (κ2) is 16.8. The summed E-state index contributed by atoms with van der Waals surface area (Å²) in [7, 11) is 1.64. The van der Waals surface area contributed by atoms with Crippen molar-refractivity contribution in [3.8, 4) is 17.2 Å². The summed E-state index contributed by atoms with van der Waals surface area (Å²) in [5.74, 6) is 2.11. The smallest absolute Gasteiger partial charge is 0.416 e. The van der Waals surface area contributed by atoms with Crippen LogP contribution in [0.5, 0.6) is 17.2 Å². The molecule has 10 heteroatoms. The third kappa shape index (κ3) is 11.5. The predicted molar refractivity (Wildman–Crippen MR) is 176 cm³/mol. The molecular formula is C37H37F3N2O5. The van der Waals surface area contributed by atoms with E-state index in [1.165, 1.54) is 17.7 Å². The van der Waals surface area contributed by atoms with E-state index >= 15 is 0 Å². The molecule has 0 bridgehead atoms. The number of amides is 1. The third-order valence-electron chi connectivity index (χ3n) is 6.84. The highest BCUT2D eigenvalue weighted by atomic mass is 19.4. The first-order valence-electron chi connectivity index (χ1n) is 14.6. The van der Waals surface area contributed by atoms with Gasteiger partial charge in [0.1, 0.15) is 22.9 Å². The summed E-state index contributed by atoms with van der Waals surface area (Å²) in [6.07, 6.45) is -1.76. The minimum atomic E-state index is -4.21. The minimum Gasteiger partial charge on any atom is -0.497 e. The first kappa shape index (κ1) is 36.1. The fourth-order valence-electron chi connectivity index (χ4n) is 4.30. The lowest BCUT2D eigenvalue weighted by molar-refractivity contribution is -0.137. The number of carbonyl (C=O) groups excluding carboxylic acids is 1. The Bertz CT molecular complexity index is 1720. The van der Waals surface area contributed by atoms with Gasteiger partial charge in [-0.15, -0.1) is 0 Å². The Kier molecular flexibility index (Phi) is 12.9. The van der Waals surface area contributed by atoms with Crippen molar-refractivity contribution in [3.63, 3.8) is 0 Å². The van der Waals surface area contributed by atoms with E-state index in [4.69, 9.17) is 19.4 Å². The molecule has 0 aliphatic rings. The topological polar surface area (TPSA) is 97.8 Å². The fourth-order valence-corrected chi connectivity index (χ4v) is 4.30. The lowest BCUT2D eigenvalue weighted by Gasteiger charge is -2.19. The van der Waals surface area contributed by atoms with E-state index in [0.717, 1.165) is 46.4 Å². The lowest BCUT2D eigenvalue weighted by atomic mass is 9.87. The second-order valence-corrected chi connectivity index (χ2v) is 11.3. The molecule has 0 unspecified atom stereocenters. The number of nitrogens with one attached hydrogen (secondary N) is 1. The predicted octanol–water partition coefficient (Wildman–Crippen LogP) is 8.71. The van der Waals surface area contributed by atoms with Crippen molar-refractivity contribution in [2.45, 2.75) is 38.8 Å². The summed E-state index contributed by atoms with van der Waals surface area (Å²) < 4.78 is 46.6. The van der Waals surface area contributed by atoms with Gasteiger partial charge in [-0.2, -0.15) is 13.2 Å². The highest BCUT2D eigenvalue weighted by molar-refractivity contribution is 5.96. The first-order valence-corrected chi connectivity index (χ1v) is 14.6. The van der Waals surface area contributed by atoms with Crippen LogP contribution in [0.3, 0.4) is 0 Å². The molecule has 0 atom stereocenters. The number of hydrogen-bond donors (Lipinski definition) is 2. The van der Waals surface area contributed by atoms with Crippen molar-refractivity contribution in [1.82, 2.24) is 10.3 Å². The van der Waals surface area contributed by atoms with Gasteiger partial charge >= 0.3 is 6.18 Å². The number of pyridine rings is 1. The number of halogens is 3. The van der Waals surface area contributed by atoms with Crippen molar-refractivity contribution in [2.75, 3.05) is 13.7 Å². The van der Waals surface area contributed by atoms with Gasteiger partial charge in [0, 0.05) is 18.1 Å². The fraction of sp³-hybridized carbons (Fsp3) is 0.216. The second-order valence-electron chi connectivity index (χ2n) is 11.3. The summed E-state index contributed by atoms with van der Waals surface area (Å²) in [6.45, 7) is 6.84. The van der Waals surface area contributed by atoms with Crippen molar-refractivity contribution in [2.24, 2.45) is 0 Å². The van der Waals surface area contributed by atoms with E-state index < -0.39 is 11.7 Å². The van der Waals surface area contributed by atoms with Crippen LogP contribution in [0.2, 0.25) is 0 Å². The minimum absolute atomic E-state index is 0.0973. The van der Waals surface area contributed by atoms with Gasteiger partial charge in [0.05, 0.1) is 12.7 Å². The molecular weight excluding hydrogens is 609 g/mol. The molecule has 0 spiro atoms. The van der Waals surface area contributed by atoms with Gasteiger partial charge in [-0.05, 0) is 76.9 Å². The molecule has 0 saturated heterocycles. The maximum Gasteiger partial charge on any atom is 0.416 e. The molecule has 1 aromatic heterocycles. The first-order chi connectivity index (χ1) is 22.3. The molecule has 0 saturated carbocycles. The highest BCUT2D eigenvalue weighted by Crippen LogP contribution is 2.29. The summed E-state index contributed by atoms with van der Waals surface area (Å²) in [5.41, 5.74) is 2.26. The van der Waals surface area contributed by atoms with Crippen molar-refractivity contribution >= 4 is 23.2 Å². The lowest BCUT2D eigenvalue weighted by Crippen LogP contribution is -2.26. The van der Waals surface area contributed by atoms with Crippen LogP contribution >= 0.6 is 0 Å². The van der Waals surface area contributed by atoms with Gasteiger partial charge < -0.3 is 19.9 Å². The molecule has 0 radical (unpaired) electrons. The Hall–Kier alpha value is -5.38. The summed E-state index contributed by atoms with van der Waals surface area (Å²) >= 11 is 0. The molecule has 4 aromatic carbocycles. The third-order valence-corrected chi connectivity index (χ3v) is 6.84. The quantitative estimate of drug-likeness (QED) is 0.172. The Labute approximate surface area is 272 Å². The van der Waals surface area contributed by atoms with Gasteiger partial charge in [-0.25, -0.2) is 0 Å². The average Bonchev–Trinajstić information content (AvgIpc) is 3.05. The molecule has 1 heterocycles. The van der Waals surface area contributed by atoms with Crippen LogP contribution in [-0.4, -0.2) is 36.1 Å². The number of methoxy groups -OCH3 is 1. The van der Waals surface area contributed by atoms with Crippen molar-refractivity contribution in [1.29, 1.82) is 0 Å². The molecule has 246 valence electrons. The number of alkyl halides is 3. The Morgan fingerprint density at radius 3 is 1.96 bits per heavy atom. The molecule has 2 N–H and O–H groups in total. The van der Waals surface area contributed by atoms with E-state index in [2.05, 4.69) is 43.2 Å². The number of carboxylic acid groups (broad SMARTS) is 1. The molecule has 0 fully saturated rings. The zero-order chi connectivity index (χ0) is 34.5. The maximum absolute atomic E-state index is 12.6. The Morgan fingerprint density at radius 1 is 0.809 bits per heavy atom. The van der Waals surface area contributed by atoms with Crippen LogP contribution in [0, 0.1) is 0 Å². The zero-order valence-corrected chi connectivity index (χ0v) is 26.5. The highest BCUT2D eigenvalue weighted by Gasteiger charge is 2.29. The van der Waals surface area contributed by atoms with Crippen molar-refractivity contribution < 1.29 is 37.3 Å².